The summed E-state index contributed by atoms with van der Waals surface area (Å²) in [5.41, 5.74) is 0.929. The fourth-order valence-electron chi connectivity index (χ4n) is 1.87. The van der Waals surface area contributed by atoms with Crippen LogP contribution in [0, 0.1) is 0 Å². The number of halogens is 1. The average molecular weight is 333 g/mol. The number of nitrogens with zero attached hydrogens (tertiary/aromatic N) is 1. The summed E-state index contributed by atoms with van der Waals surface area (Å²) >= 11 is 3.32. The molecule has 0 saturated heterocycles. The molecule has 0 radical (unpaired) electrons. The summed E-state index contributed by atoms with van der Waals surface area (Å²) in [6.45, 7) is 0. The molecular formula is C14H9BrN2O3. The van der Waals surface area contributed by atoms with Crippen molar-refractivity contribution in [2.75, 3.05) is 0 Å². The molecule has 3 aromatic rings. The van der Waals surface area contributed by atoms with E-state index in [0.29, 0.717) is 11.1 Å². The molecule has 6 heteroatoms. The summed E-state index contributed by atoms with van der Waals surface area (Å²) < 4.78 is 5.82. The molecule has 5 nitrogen and oxygen atoms in total. The Hall–Kier alpha value is -2.34. The van der Waals surface area contributed by atoms with E-state index in [9.17, 15) is 9.90 Å². The fraction of sp³-hybridized carbons (Fsp3) is 0. The Morgan fingerprint density at radius 3 is 2.50 bits per heavy atom. The third-order valence-electron chi connectivity index (χ3n) is 2.83. The van der Waals surface area contributed by atoms with E-state index in [1.807, 2.05) is 0 Å². The van der Waals surface area contributed by atoms with Gasteiger partial charge in [0.05, 0.1) is 11.8 Å². The van der Waals surface area contributed by atoms with Gasteiger partial charge in [-0.1, -0.05) is 28.1 Å². The highest BCUT2D eigenvalue weighted by Crippen LogP contribution is 2.26. The van der Waals surface area contributed by atoms with Gasteiger partial charge in [-0.3, -0.25) is 4.79 Å². The first-order chi connectivity index (χ1) is 9.65. The van der Waals surface area contributed by atoms with Crippen LogP contribution < -0.4 is 5.56 Å². The summed E-state index contributed by atoms with van der Waals surface area (Å²) in [4.78, 5) is 18.8. The number of nitrogens with one attached hydrogen (secondary N) is 1. The van der Waals surface area contributed by atoms with Crippen LogP contribution in [0.2, 0.25) is 0 Å². The molecule has 0 spiro atoms. The minimum Gasteiger partial charge on any atom is -0.493 e. The third-order valence-corrected chi connectivity index (χ3v) is 3.36. The molecule has 0 fully saturated rings. The van der Waals surface area contributed by atoms with E-state index in [2.05, 4.69) is 25.9 Å². The normalized spacial score (nSPS) is 10.7. The van der Waals surface area contributed by atoms with Gasteiger partial charge in [-0.15, -0.1) is 0 Å². The van der Waals surface area contributed by atoms with Crippen molar-refractivity contribution in [3.63, 3.8) is 0 Å². The van der Waals surface area contributed by atoms with Crippen molar-refractivity contribution in [1.29, 1.82) is 0 Å². The molecule has 0 saturated carbocycles. The molecule has 0 aliphatic carbocycles. The van der Waals surface area contributed by atoms with Gasteiger partial charge in [-0.2, -0.15) is 4.98 Å². The molecular weight excluding hydrogens is 324 g/mol. The lowest BCUT2D eigenvalue weighted by Gasteiger charge is -2.05. The van der Waals surface area contributed by atoms with Gasteiger partial charge >= 0.3 is 0 Å². The van der Waals surface area contributed by atoms with Crippen molar-refractivity contribution < 1.29 is 9.52 Å². The number of benzene rings is 1. The quantitative estimate of drug-likeness (QED) is 0.755. The number of furan rings is 1. The topological polar surface area (TPSA) is 79.1 Å². The number of hydrogen-bond acceptors (Lipinski definition) is 4. The SMILES string of the molecule is O=c1[nH]c(-c2ccoc2)nc(O)c1-c1ccc(Br)cc1. The Bertz CT molecular complexity index is 792. The van der Waals surface area contributed by atoms with Gasteiger partial charge in [0.15, 0.2) is 0 Å². The second-order valence-electron chi connectivity index (χ2n) is 4.13. The minimum atomic E-state index is -0.406. The van der Waals surface area contributed by atoms with E-state index in [1.54, 1.807) is 30.3 Å². The van der Waals surface area contributed by atoms with Crippen LogP contribution in [0.4, 0.5) is 0 Å². The van der Waals surface area contributed by atoms with Crippen LogP contribution in [-0.2, 0) is 0 Å². The summed E-state index contributed by atoms with van der Waals surface area (Å²) in [6, 6.07) is 8.69. The Morgan fingerprint density at radius 1 is 1.15 bits per heavy atom. The largest absolute Gasteiger partial charge is 0.493 e. The lowest BCUT2D eigenvalue weighted by molar-refractivity contribution is 0.454. The highest BCUT2D eigenvalue weighted by Gasteiger charge is 2.14. The van der Waals surface area contributed by atoms with Crippen LogP contribution in [0.1, 0.15) is 0 Å². The molecule has 0 aliphatic rings. The second kappa shape index (κ2) is 4.97. The molecule has 2 aromatic heterocycles. The summed E-state index contributed by atoms with van der Waals surface area (Å²) in [6.07, 6.45) is 2.91. The first-order valence-electron chi connectivity index (χ1n) is 5.77. The highest BCUT2D eigenvalue weighted by atomic mass is 79.9. The lowest BCUT2D eigenvalue weighted by atomic mass is 10.1. The van der Waals surface area contributed by atoms with Crippen LogP contribution in [0.5, 0.6) is 5.88 Å². The van der Waals surface area contributed by atoms with Crippen molar-refractivity contribution in [2.24, 2.45) is 0 Å². The smallest absolute Gasteiger partial charge is 0.262 e. The van der Waals surface area contributed by atoms with Gasteiger partial charge in [0.25, 0.3) is 5.56 Å². The maximum atomic E-state index is 12.1. The monoisotopic (exact) mass is 332 g/mol. The fourth-order valence-corrected chi connectivity index (χ4v) is 2.14. The standard InChI is InChI=1S/C14H9BrN2O3/c15-10-3-1-8(2-4-10)11-13(18)16-12(17-14(11)19)9-5-6-20-7-9/h1-7H,(H2,16,17,18,19). The molecule has 0 amide bonds. The number of hydrogen-bond donors (Lipinski definition) is 2. The van der Waals surface area contributed by atoms with Gasteiger partial charge < -0.3 is 14.5 Å². The number of rotatable bonds is 2. The van der Waals surface area contributed by atoms with E-state index in [4.69, 9.17) is 4.42 Å². The lowest BCUT2D eigenvalue weighted by Crippen LogP contribution is -2.11. The van der Waals surface area contributed by atoms with Crippen molar-refractivity contribution >= 4 is 15.9 Å². The van der Waals surface area contributed by atoms with Gasteiger partial charge in [0.2, 0.25) is 5.88 Å². The van der Waals surface area contributed by atoms with E-state index in [-0.39, 0.29) is 17.3 Å². The van der Waals surface area contributed by atoms with Gasteiger partial charge in [-0.05, 0) is 23.8 Å². The van der Waals surface area contributed by atoms with Crippen molar-refractivity contribution in [3.05, 3.63) is 57.7 Å². The van der Waals surface area contributed by atoms with Crippen LogP contribution in [0.25, 0.3) is 22.5 Å². The van der Waals surface area contributed by atoms with Gasteiger partial charge in [0.1, 0.15) is 17.7 Å². The molecule has 100 valence electrons. The zero-order valence-electron chi connectivity index (χ0n) is 10.1. The van der Waals surface area contributed by atoms with E-state index >= 15 is 0 Å². The van der Waals surface area contributed by atoms with Crippen LogP contribution in [-0.4, -0.2) is 15.1 Å². The third kappa shape index (κ3) is 2.25. The molecule has 0 unspecified atom stereocenters. The zero-order valence-corrected chi connectivity index (χ0v) is 11.7. The van der Waals surface area contributed by atoms with Crippen LogP contribution >= 0.6 is 15.9 Å². The summed E-state index contributed by atoms with van der Waals surface area (Å²) in [5.74, 6) is -0.0469. The maximum Gasteiger partial charge on any atom is 0.262 e. The van der Waals surface area contributed by atoms with E-state index in [1.165, 1.54) is 12.5 Å². The summed E-state index contributed by atoms with van der Waals surface area (Å²) in [7, 11) is 0. The molecule has 2 heterocycles. The van der Waals surface area contributed by atoms with Gasteiger partial charge in [-0.25, -0.2) is 0 Å². The Kier molecular flexibility index (Phi) is 3.15. The predicted molar refractivity (Wildman–Crippen MR) is 77.4 cm³/mol. The minimum absolute atomic E-state index is 0.143. The van der Waals surface area contributed by atoms with Crippen molar-refractivity contribution in [2.45, 2.75) is 0 Å². The van der Waals surface area contributed by atoms with Crippen LogP contribution in [0.3, 0.4) is 0 Å². The highest BCUT2D eigenvalue weighted by molar-refractivity contribution is 9.10. The Labute approximate surface area is 122 Å². The van der Waals surface area contributed by atoms with Crippen molar-refractivity contribution in [3.8, 4) is 28.4 Å². The second-order valence-corrected chi connectivity index (χ2v) is 5.05. The first-order valence-corrected chi connectivity index (χ1v) is 6.56. The van der Waals surface area contributed by atoms with Crippen molar-refractivity contribution in [1.82, 2.24) is 9.97 Å². The molecule has 1 aromatic carbocycles. The van der Waals surface area contributed by atoms with E-state index < -0.39 is 5.56 Å². The molecule has 0 aliphatic heterocycles. The average Bonchev–Trinajstić information content (AvgIpc) is 2.94. The zero-order chi connectivity index (χ0) is 14.1. The summed E-state index contributed by atoms with van der Waals surface area (Å²) in [5, 5.41) is 10.0. The predicted octanol–water partition coefficient (Wildman–Crippen LogP) is 3.17. The number of aromatic hydroxyl groups is 1. The molecule has 20 heavy (non-hydrogen) atoms. The van der Waals surface area contributed by atoms with Crippen LogP contribution in [0.15, 0.2) is 56.5 Å². The molecule has 0 atom stereocenters. The number of aromatic amines is 1. The Morgan fingerprint density at radius 2 is 1.90 bits per heavy atom. The number of aromatic nitrogens is 2. The maximum absolute atomic E-state index is 12.1. The molecule has 0 bridgehead atoms. The molecule has 2 N–H and O–H groups in total. The molecule has 3 rings (SSSR count). The number of H-pyrrole nitrogens is 1. The van der Waals surface area contributed by atoms with E-state index in [0.717, 1.165) is 4.47 Å². The Balaban J connectivity index is 2.14. The first kappa shape index (κ1) is 12.7. The van der Waals surface area contributed by atoms with Gasteiger partial charge in [0, 0.05) is 4.47 Å².